The Balaban J connectivity index is 1.97. The van der Waals surface area contributed by atoms with E-state index < -0.39 is 11.4 Å². The molecule has 0 saturated heterocycles. The summed E-state index contributed by atoms with van der Waals surface area (Å²) in [5.41, 5.74) is -0.754. The van der Waals surface area contributed by atoms with E-state index in [0.29, 0.717) is 5.75 Å². The molecule has 0 unspecified atom stereocenters. The molecule has 1 aromatic carbocycles. The first kappa shape index (κ1) is 12.7. The van der Waals surface area contributed by atoms with Gasteiger partial charge in [0.2, 0.25) is 0 Å². The van der Waals surface area contributed by atoms with Gasteiger partial charge in [-0.25, -0.2) is 4.39 Å². The van der Waals surface area contributed by atoms with Gasteiger partial charge in [-0.2, -0.15) is 0 Å². The minimum absolute atomic E-state index is 0.221. The maximum Gasteiger partial charge on any atom is 0.138 e. The van der Waals surface area contributed by atoms with E-state index >= 15 is 0 Å². The van der Waals surface area contributed by atoms with Crippen LogP contribution in [0.15, 0.2) is 18.2 Å². The first-order valence-corrected chi connectivity index (χ1v) is 6.27. The Morgan fingerprint density at radius 2 is 2.00 bits per heavy atom. The highest BCUT2D eigenvalue weighted by molar-refractivity contribution is 6.32. The Morgan fingerprint density at radius 3 is 2.65 bits per heavy atom. The van der Waals surface area contributed by atoms with Crippen LogP contribution < -0.4 is 4.74 Å². The van der Waals surface area contributed by atoms with Crippen LogP contribution in [0.3, 0.4) is 0 Å². The van der Waals surface area contributed by atoms with Crippen molar-refractivity contribution < 1.29 is 14.2 Å². The zero-order valence-electron chi connectivity index (χ0n) is 9.59. The van der Waals surface area contributed by atoms with E-state index in [9.17, 15) is 9.50 Å². The molecule has 1 N–H and O–H groups in total. The lowest BCUT2D eigenvalue weighted by Gasteiger charge is -2.31. The molecule has 0 amide bonds. The standard InChI is InChI=1S/C13H16ClFO2/c14-11-8-10(15)4-5-12(11)17-9-13(16)6-2-1-3-7-13/h4-5,8,16H,1-3,6-7,9H2. The van der Waals surface area contributed by atoms with Gasteiger partial charge in [-0.3, -0.25) is 0 Å². The zero-order valence-corrected chi connectivity index (χ0v) is 10.3. The fourth-order valence-electron chi connectivity index (χ4n) is 2.16. The molecule has 0 aromatic heterocycles. The Morgan fingerprint density at radius 1 is 1.29 bits per heavy atom. The summed E-state index contributed by atoms with van der Waals surface area (Å²) in [6.45, 7) is 0.221. The molecule has 1 aliphatic carbocycles. The summed E-state index contributed by atoms with van der Waals surface area (Å²) in [7, 11) is 0. The van der Waals surface area contributed by atoms with E-state index in [1.54, 1.807) is 0 Å². The lowest BCUT2D eigenvalue weighted by molar-refractivity contribution is -0.0338. The number of halogens is 2. The Kier molecular flexibility index (Phi) is 3.89. The highest BCUT2D eigenvalue weighted by Crippen LogP contribution is 2.31. The van der Waals surface area contributed by atoms with E-state index in [-0.39, 0.29) is 11.6 Å². The van der Waals surface area contributed by atoms with E-state index in [1.807, 2.05) is 0 Å². The molecule has 17 heavy (non-hydrogen) atoms. The van der Waals surface area contributed by atoms with Crippen LogP contribution >= 0.6 is 11.6 Å². The van der Waals surface area contributed by atoms with Crippen molar-refractivity contribution in [1.82, 2.24) is 0 Å². The second kappa shape index (κ2) is 5.23. The molecule has 2 rings (SSSR count). The largest absolute Gasteiger partial charge is 0.489 e. The van der Waals surface area contributed by atoms with Crippen molar-refractivity contribution in [2.75, 3.05) is 6.61 Å². The quantitative estimate of drug-likeness (QED) is 0.898. The molecule has 1 aliphatic rings. The Labute approximate surface area is 105 Å². The average molecular weight is 259 g/mol. The summed E-state index contributed by atoms with van der Waals surface area (Å²) < 4.78 is 18.3. The molecule has 1 aromatic rings. The van der Waals surface area contributed by atoms with Crippen LogP contribution in [-0.4, -0.2) is 17.3 Å². The van der Waals surface area contributed by atoms with Gasteiger partial charge in [0.25, 0.3) is 0 Å². The first-order valence-electron chi connectivity index (χ1n) is 5.89. The maximum atomic E-state index is 12.8. The van der Waals surface area contributed by atoms with Crippen LogP contribution in [0.1, 0.15) is 32.1 Å². The molecule has 0 heterocycles. The molecule has 94 valence electrons. The van der Waals surface area contributed by atoms with Crippen molar-refractivity contribution in [2.24, 2.45) is 0 Å². The third-order valence-electron chi connectivity index (χ3n) is 3.17. The van der Waals surface area contributed by atoms with E-state index in [4.69, 9.17) is 16.3 Å². The van der Waals surface area contributed by atoms with Crippen molar-refractivity contribution >= 4 is 11.6 Å². The SMILES string of the molecule is OC1(COc2ccc(F)cc2Cl)CCCCC1. The van der Waals surface area contributed by atoms with Gasteiger partial charge in [0.15, 0.2) is 0 Å². The minimum Gasteiger partial charge on any atom is -0.489 e. The van der Waals surface area contributed by atoms with Crippen LogP contribution in [0.4, 0.5) is 4.39 Å². The molecule has 0 bridgehead atoms. The topological polar surface area (TPSA) is 29.5 Å². The van der Waals surface area contributed by atoms with Crippen LogP contribution in [0, 0.1) is 5.82 Å². The van der Waals surface area contributed by atoms with E-state index in [2.05, 4.69) is 0 Å². The number of rotatable bonds is 3. The van der Waals surface area contributed by atoms with Gasteiger partial charge in [-0.1, -0.05) is 30.9 Å². The Hall–Kier alpha value is -0.800. The number of aliphatic hydroxyl groups is 1. The number of benzene rings is 1. The fourth-order valence-corrected chi connectivity index (χ4v) is 2.38. The van der Waals surface area contributed by atoms with Crippen molar-refractivity contribution in [3.8, 4) is 5.75 Å². The summed E-state index contributed by atoms with van der Waals surface area (Å²) in [5.74, 6) is 0.0331. The maximum absolute atomic E-state index is 12.8. The lowest BCUT2D eigenvalue weighted by Crippen LogP contribution is -2.37. The normalized spacial score (nSPS) is 19.0. The molecule has 0 spiro atoms. The molecule has 2 nitrogen and oxygen atoms in total. The minimum atomic E-state index is -0.754. The van der Waals surface area contributed by atoms with E-state index in [1.165, 1.54) is 24.6 Å². The van der Waals surface area contributed by atoms with Crippen LogP contribution in [0.25, 0.3) is 0 Å². The molecule has 0 atom stereocenters. The summed E-state index contributed by atoms with van der Waals surface area (Å²) in [5, 5.41) is 10.5. The fraction of sp³-hybridized carbons (Fsp3) is 0.538. The zero-order chi connectivity index (χ0) is 12.3. The summed E-state index contributed by atoms with van der Waals surface area (Å²) in [6.07, 6.45) is 4.73. The van der Waals surface area contributed by atoms with Gasteiger partial charge in [-0.15, -0.1) is 0 Å². The van der Waals surface area contributed by atoms with Crippen molar-refractivity contribution in [2.45, 2.75) is 37.7 Å². The van der Waals surface area contributed by atoms with Gasteiger partial charge in [0, 0.05) is 0 Å². The molecule has 4 heteroatoms. The van der Waals surface area contributed by atoms with Gasteiger partial charge >= 0.3 is 0 Å². The van der Waals surface area contributed by atoms with Crippen molar-refractivity contribution in [3.05, 3.63) is 29.0 Å². The third-order valence-corrected chi connectivity index (χ3v) is 3.47. The highest BCUT2D eigenvalue weighted by atomic mass is 35.5. The molecular formula is C13H16ClFO2. The second-order valence-electron chi connectivity index (χ2n) is 4.65. The number of hydrogen-bond acceptors (Lipinski definition) is 2. The monoisotopic (exact) mass is 258 g/mol. The van der Waals surface area contributed by atoms with Crippen LogP contribution in [0.5, 0.6) is 5.75 Å². The van der Waals surface area contributed by atoms with Gasteiger partial charge < -0.3 is 9.84 Å². The number of hydrogen-bond donors (Lipinski definition) is 1. The highest BCUT2D eigenvalue weighted by Gasteiger charge is 2.30. The predicted molar refractivity (Wildman–Crippen MR) is 64.9 cm³/mol. The average Bonchev–Trinajstić information content (AvgIpc) is 2.29. The predicted octanol–water partition coefficient (Wildman–Crippen LogP) is 3.55. The first-order chi connectivity index (χ1) is 8.09. The summed E-state index contributed by atoms with van der Waals surface area (Å²) in [4.78, 5) is 0. The van der Waals surface area contributed by atoms with Crippen LogP contribution in [-0.2, 0) is 0 Å². The van der Waals surface area contributed by atoms with Crippen molar-refractivity contribution in [3.63, 3.8) is 0 Å². The molecule has 1 fully saturated rings. The molecular weight excluding hydrogens is 243 g/mol. The van der Waals surface area contributed by atoms with Crippen LogP contribution in [0.2, 0.25) is 5.02 Å². The van der Waals surface area contributed by atoms with Crippen molar-refractivity contribution in [1.29, 1.82) is 0 Å². The Bertz CT molecular complexity index is 389. The van der Waals surface area contributed by atoms with Gasteiger partial charge in [-0.05, 0) is 31.0 Å². The molecule has 0 radical (unpaired) electrons. The summed E-state index contributed by atoms with van der Waals surface area (Å²) in [6, 6.07) is 4.00. The van der Waals surface area contributed by atoms with E-state index in [0.717, 1.165) is 25.7 Å². The van der Waals surface area contributed by atoms with Gasteiger partial charge in [0.05, 0.1) is 10.6 Å². The third kappa shape index (κ3) is 3.33. The second-order valence-corrected chi connectivity index (χ2v) is 5.06. The lowest BCUT2D eigenvalue weighted by atomic mass is 9.85. The molecule has 1 saturated carbocycles. The molecule has 0 aliphatic heterocycles. The van der Waals surface area contributed by atoms with Gasteiger partial charge in [0.1, 0.15) is 18.2 Å². The number of ether oxygens (including phenoxy) is 1. The smallest absolute Gasteiger partial charge is 0.138 e. The summed E-state index contributed by atoms with van der Waals surface area (Å²) >= 11 is 5.85.